The number of ether oxygens (including phenoxy) is 1. The van der Waals surface area contributed by atoms with Gasteiger partial charge in [0.15, 0.2) is 5.78 Å². The van der Waals surface area contributed by atoms with E-state index in [2.05, 4.69) is 0 Å². The van der Waals surface area contributed by atoms with Crippen molar-refractivity contribution in [2.75, 3.05) is 18.1 Å². The van der Waals surface area contributed by atoms with Crippen LogP contribution in [0.15, 0.2) is 23.0 Å². The Labute approximate surface area is 80.4 Å². The normalized spacial score (nSPS) is 22.9. The number of hydrogen-bond donors (Lipinski definition) is 0. The van der Waals surface area contributed by atoms with Crippen molar-refractivity contribution in [2.45, 2.75) is 6.10 Å². The number of thioether (sulfide) groups is 1. The van der Waals surface area contributed by atoms with Gasteiger partial charge in [0.1, 0.15) is 12.4 Å². The Bertz CT molecular complexity index is 275. The molecule has 1 aromatic heterocycles. The Hall–Kier alpha value is -0.740. The zero-order valence-corrected chi connectivity index (χ0v) is 7.88. The fourth-order valence-corrected chi connectivity index (χ4v) is 2.07. The van der Waals surface area contributed by atoms with E-state index in [0.717, 1.165) is 11.5 Å². The van der Waals surface area contributed by atoms with Crippen molar-refractivity contribution < 1.29 is 13.9 Å². The van der Waals surface area contributed by atoms with E-state index in [1.165, 1.54) is 12.5 Å². The summed E-state index contributed by atoms with van der Waals surface area (Å²) in [7, 11) is 0. The van der Waals surface area contributed by atoms with Gasteiger partial charge in [-0.15, -0.1) is 0 Å². The average molecular weight is 198 g/mol. The number of ketones is 1. The Kier molecular flexibility index (Phi) is 2.71. The molecule has 4 heteroatoms. The average Bonchev–Trinajstić information content (AvgIpc) is 2.71. The van der Waals surface area contributed by atoms with E-state index in [1.54, 1.807) is 17.8 Å². The van der Waals surface area contributed by atoms with Crippen LogP contribution >= 0.6 is 11.8 Å². The van der Waals surface area contributed by atoms with Gasteiger partial charge in [0.2, 0.25) is 0 Å². The first kappa shape index (κ1) is 8.84. The largest absolute Gasteiger partial charge is 0.472 e. The zero-order chi connectivity index (χ0) is 9.10. The van der Waals surface area contributed by atoms with E-state index in [9.17, 15) is 4.79 Å². The number of carbonyl (C=O) groups excluding carboxylic acids is 1. The summed E-state index contributed by atoms with van der Waals surface area (Å²) in [6.07, 6.45) is 2.69. The summed E-state index contributed by atoms with van der Waals surface area (Å²) < 4.78 is 10.2. The fraction of sp³-hybridized carbons (Fsp3) is 0.444. The highest BCUT2D eigenvalue weighted by Gasteiger charge is 2.23. The van der Waals surface area contributed by atoms with Gasteiger partial charge < -0.3 is 9.15 Å². The second kappa shape index (κ2) is 3.98. The summed E-state index contributed by atoms with van der Waals surface area (Å²) >= 11 is 1.75. The summed E-state index contributed by atoms with van der Waals surface area (Å²) in [5, 5.41) is 0. The molecule has 2 rings (SSSR count). The summed E-state index contributed by atoms with van der Waals surface area (Å²) in [6, 6.07) is 1.67. The van der Waals surface area contributed by atoms with Gasteiger partial charge in [-0.2, -0.15) is 11.8 Å². The molecule has 0 radical (unpaired) electrons. The van der Waals surface area contributed by atoms with E-state index < -0.39 is 0 Å². The van der Waals surface area contributed by atoms with Crippen LogP contribution in [0, 0.1) is 0 Å². The third-order valence-corrected chi connectivity index (χ3v) is 2.91. The van der Waals surface area contributed by atoms with E-state index in [1.807, 2.05) is 0 Å². The molecule has 1 saturated heterocycles. The van der Waals surface area contributed by atoms with Crippen molar-refractivity contribution in [3.63, 3.8) is 0 Å². The molecule has 0 bridgehead atoms. The smallest absolute Gasteiger partial charge is 0.195 e. The molecule has 0 aromatic carbocycles. The minimum atomic E-state index is -0.281. The van der Waals surface area contributed by atoms with E-state index in [0.29, 0.717) is 12.2 Å². The van der Waals surface area contributed by atoms with E-state index in [4.69, 9.17) is 9.15 Å². The Morgan fingerprint density at radius 1 is 1.62 bits per heavy atom. The SMILES string of the molecule is O=C(c1ccoc1)C1CSCCO1. The number of furan rings is 1. The highest BCUT2D eigenvalue weighted by molar-refractivity contribution is 7.99. The molecule has 0 N–H and O–H groups in total. The molecule has 1 atom stereocenters. The second-order valence-electron chi connectivity index (χ2n) is 2.81. The first-order valence-corrected chi connectivity index (χ1v) is 5.29. The molecule has 1 aliphatic rings. The summed E-state index contributed by atoms with van der Waals surface area (Å²) in [5.74, 6) is 1.76. The van der Waals surface area contributed by atoms with Crippen LogP contribution in [0.1, 0.15) is 10.4 Å². The first-order valence-electron chi connectivity index (χ1n) is 4.13. The monoisotopic (exact) mass is 198 g/mol. The van der Waals surface area contributed by atoms with Crippen LogP contribution in [-0.2, 0) is 4.74 Å². The molecule has 0 amide bonds. The molecule has 13 heavy (non-hydrogen) atoms. The van der Waals surface area contributed by atoms with Crippen LogP contribution in [0.2, 0.25) is 0 Å². The number of carbonyl (C=O) groups is 1. The molecule has 3 nitrogen and oxygen atoms in total. The number of rotatable bonds is 2. The van der Waals surface area contributed by atoms with Gasteiger partial charge in [0.25, 0.3) is 0 Å². The predicted molar refractivity (Wildman–Crippen MR) is 50.1 cm³/mol. The van der Waals surface area contributed by atoms with Crippen LogP contribution in [0.3, 0.4) is 0 Å². The standard InChI is InChI=1S/C9H10O3S/c10-9(7-1-2-11-5-7)8-6-13-4-3-12-8/h1-2,5,8H,3-4,6H2. The first-order chi connectivity index (χ1) is 6.38. The maximum Gasteiger partial charge on any atom is 0.195 e. The van der Waals surface area contributed by atoms with Crippen molar-refractivity contribution >= 4 is 17.5 Å². The van der Waals surface area contributed by atoms with Gasteiger partial charge in [0, 0.05) is 11.5 Å². The summed E-state index contributed by atoms with van der Waals surface area (Å²) in [6.45, 7) is 0.666. The maximum absolute atomic E-state index is 11.7. The molecule has 0 saturated carbocycles. The minimum Gasteiger partial charge on any atom is -0.472 e. The van der Waals surface area contributed by atoms with Crippen LogP contribution in [0.25, 0.3) is 0 Å². The molecule has 70 valence electrons. The Balaban J connectivity index is 2.04. The van der Waals surface area contributed by atoms with Crippen molar-refractivity contribution in [2.24, 2.45) is 0 Å². The lowest BCUT2D eigenvalue weighted by Crippen LogP contribution is -2.31. The van der Waals surface area contributed by atoms with Gasteiger partial charge in [-0.05, 0) is 6.07 Å². The molecular weight excluding hydrogens is 188 g/mol. The van der Waals surface area contributed by atoms with Gasteiger partial charge in [-0.3, -0.25) is 4.79 Å². The fourth-order valence-electron chi connectivity index (χ4n) is 1.23. The van der Waals surface area contributed by atoms with Crippen LogP contribution in [0.4, 0.5) is 0 Å². The Morgan fingerprint density at radius 2 is 2.54 bits per heavy atom. The highest BCUT2D eigenvalue weighted by atomic mass is 32.2. The molecule has 0 spiro atoms. The van der Waals surface area contributed by atoms with E-state index in [-0.39, 0.29) is 11.9 Å². The molecule has 0 aliphatic carbocycles. The molecule has 1 aliphatic heterocycles. The lowest BCUT2D eigenvalue weighted by Gasteiger charge is -2.20. The third kappa shape index (κ3) is 1.95. The van der Waals surface area contributed by atoms with Crippen LogP contribution in [0.5, 0.6) is 0 Å². The number of Topliss-reactive ketones (excluding diaryl/α,β-unsaturated/α-hetero) is 1. The zero-order valence-electron chi connectivity index (χ0n) is 7.06. The van der Waals surface area contributed by atoms with Gasteiger partial charge >= 0.3 is 0 Å². The van der Waals surface area contributed by atoms with Crippen molar-refractivity contribution in [1.82, 2.24) is 0 Å². The van der Waals surface area contributed by atoms with Crippen LogP contribution in [-0.4, -0.2) is 30.0 Å². The summed E-state index contributed by atoms with van der Waals surface area (Å²) in [4.78, 5) is 11.7. The highest BCUT2D eigenvalue weighted by Crippen LogP contribution is 2.16. The Morgan fingerprint density at radius 3 is 3.15 bits per heavy atom. The lowest BCUT2D eigenvalue weighted by atomic mass is 10.1. The summed E-state index contributed by atoms with van der Waals surface area (Å²) in [5.41, 5.74) is 0.604. The molecule has 1 unspecified atom stereocenters. The molecule has 1 fully saturated rings. The topological polar surface area (TPSA) is 39.4 Å². The second-order valence-corrected chi connectivity index (χ2v) is 3.96. The molecular formula is C9H10O3S. The van der Waals surface area contributed by atoms with Crippen molar-refractivity contribution in [3.8, 4) is 0 Å². The minimum absolute atomic E-state index is 0.0287. The number of hydrogen-bond acceptors (Lipinski definition) is 4. The van der Waals surface area contributed by atoms with Gasteiger partial charge in [-0.25, -0.2) is 0 Å². The van der Waals surface area contributed by atoms with Gasteiger partial charge in [0.05, 0.1) is 18.4 Å². The van der Waals surface area contributed by atoms with Crippen molar-refractivity contribution in [1.29, 1.82) is 0 Å². The third-order valence-electron chi connectivity index (χ3n) is 1.91. The predicted octanol–water partition coefficient (Wildman–Crippen LogP) is 1.59. The van der Waals surface area contributed by atoms with Crippen LogP contribution < -0.4 is 0 Å². The van der Waals surface area contributed by atoms with Gasteiger partial charge in [-0.1, -0.05) is 0 Å². The van der Waals surface area contributed by atoms with Crippen molar-refractivity contribution in [3.05, 3.63) is 24.2 Å². The molecule has 2 heterocycles. The maximum atomic E-state index is 11.7. The lowest BCUT2D eigenvalue weighted by molar-refractivity contribution is 0.0518. The van der Waals surface area contributed by atoms with E-state index >= 15 is 0 Å². The quantitative estimate of drug-likeness (QED) is 0.676. The molecule has 1 aromatic rings.